The number of carbonyl (C=O) groups is 2. The third-order valence-electron chi connectivity index (χ3n) is 4.14. The molecule has 1 aromatic rings. The third kappa shape index (κ3) is 5.47. The Morgan fingerprint density at radius 3 is 2.54 bits per heavy atom. The van der Waals surface area contributed by atoms with E-state index < -0.39 is 17.6 Å². The van der Waals surface area contributed by atoms with E-state index >= 15 is 0 Å². The van der Waals surface area contributed by atoms with Gasteiger partial charge in [-0.25, -0.2) is 8.78 Å². The van der Waals surface area contributed by atoms with Crippen LogP contribution in [0.4, 0.5) is 8.78 Å². The topological polar surface area (TPSA) is 75.6 Å². The summed E-state index contributed by atoms with van der Waals surface area (Å²) in [4.78, 5) is 22.7. The molecule has 2 rings (SSSR count). The first kappa shape index (κ1) is 18.2. The molecule has 2 N–H and O–H groups in total. The number of carboxylic acid groups (broad SMARTS) is 1. The van der Waals surface area contributed by atoms with Crippen LogP contribution < -0.4 is 10.1 Å². The van der Waals surface area contributed by atoms with Gasteiger partial charge in [-0.05, 0) is 44.2 Å². The second kappa shape index (κ2) is 8.61. The highest BCUT2D eigenvalue weighted by atomic mass is 19.1. The molecule has 7 heteroatoms. The number of hydrogen-bond donors (Lipinski definition) is 2. The van der Waals surface area contributed by atoms with Gasteiger partial charge >= 0.3 is 5.97 Å². The summed E-state index contributed by atoms with van der Waals surface area (Å²) in [5.41, 5.74) is 0. The lowest BCUT2D eigenvalue weighted by atomic mass is 9.86. The van der Waals surface area contributed by atoms with Crippen molar-refractivity contribution < 1.29 is 28.2 Å². The lowest BCUT2D eigenvalue weighted by molar-refractivity contribution is -0.142. The maximum atomic E-state index is 13.3. The van der Waals surface area contributed by atoms with Crippen molar-refractivity contribution in [2.75, 3.05) is 6.61 Å². The van der Waals surface area contributed by atoms with Crippen LogP contribution in [0.25, 0.3) is 0 Å². The number of amides is 1. The predicted octanol–water partition coefficient (Wildman–Crippen LogP) is 2.88. The minimum atomic E-state index is -0.773. The summed E-state index contributed by atoms with van der Waals surface area (Å²) in [6, 6.07) is 3.09. The largest absolute Gasteiger partial charge is 0.491 e. The van der Waals surface area contributed by atoms with Crippen LogP contribution in [0, 0.1) is 17.6 Å². The standard InChI is InChI=1S/C17H21F2NO4/c18-12-5-8-15(14(19)10-12)24-9-1-2-16(21)20-13-6-3-11(4-7-13)17(22)23/h5,8,10-11,13H,1-4,6-7,9H2,(H,20,21)(H,22,23). The summed E-state index contributed by atoms with van der Waals surface area (Å²) < 4.78 is 31.3. The van der Waals surface area contributed by atoms with Crippen molar-refractivity contribution in [3.63, 3.8) is 0 Å². The molecule has 0 heterocycles. The van der Waals surface area contributed by atoms with Gasteiger partial charge in [0.05, 0.1) is 12.5 Å². The minimum absolute atomic E-state index is 0.0172. The second-order valence-electron chi connectivity index (χ2n) is 5.98. The molecule has 0 atom stereocenters. The Morgan fingerprint density at radius 1 is 1.21 bits per heavy atom. The lowest BCUT2D eigenvalue weighted by Gasteiger charge is -2.26. The van der Waals surface area contributed by atoms with Gasteiger partial charge in [-0.1, -0.05) is 0 Å². The Labute approximate surface area is 139 Å². The molecule has 1 fully saturated rings. The van der Waals surface area contributed by atoms with Gasteiger partial charge in [-0.3, -0.25) is 9.59 Å². The molecule has 1 aliphatic rings. The SMILES string of the molecule is O=C(CCCOc1ccc(F)cc1F)NC1CCC(C(=O)O)CC1. The molecule has 1 amide bonds. The number of carbonyl (C=O) groups excluding carboxylic acids is 1. The zero-order chi connectivity index (χ0) is 17.5. The van der Waals surface area contributed by atoms with Crippen molar-refractivity contribution in [2.45, 2.75) is 44.6 Å². The monoisotopic (exact) mass is 341 g/mol. The average molecular weight is 341 g/mol. The molecular formula is C17H21F2NO4. The molecule has 132 valence electrons. The van der Waals surface area contributed by atoms with E-state index in [1.807, 2.05) is 0 Å². The zero-order valence-corrected chi connectivity index (χ0v) is 13.3. The van der Waals surface area contributed by atoms with E-state index in [0.717, 1.165) is 12.1 Å². The molecule has 0 aliphatic heterocycles. The van der Waals surface area contributed by atoms with Crippen LogP contribution in [-0.2, 0) is 9.59 Å². The number of nitrogens with one attached hydrogen (secondary N) is 1. The highest BCUT2D eigenvalue weighted by Gasteiger charge is 2.26. The van der Waals surface area contributed by atoms with E-state index in [9.17, 15) is 18.4 Å². The maximum Gasteiger partial charge on any atom is 0.306 e. The highest BCUT2D eigenvalue weighted by molar-refractivity contribution is 5.76. The van der Waals surface area contributed by atoms with E-state index in [-0.39, 0.29) is 36.6 Å². The molecular weight excluding hydrogens is 320 g/mol. The van der Waals surface area contributed by atoms with E-state index in [1.54, 1.807) is 0 Å². The van der Waals surface area contributed by atoms with Crippen LogP contribution in [-0.4, -0.2) is 29.6 Å². The van der Waals surface area contributed by atoms with E-state index in [4.69, 9.17) is 9.84 Å². The number of ether oxygens (including phenoxy) is 1. The number of carboxylic acids is 1. The molecule has 0 bridgehead atoms. The first-order valence-electron chi connectivity index (χ1n) is 8.05. The van der Waals surface area contributed by atoms with Gasteiger partial charge in [0.2, 0.25) is 5.91 Å². The van der Waals surface area contributed by atoms with E-state index in [0.29, 0.717) is 32.1 Å². The normalized spacial score (nSPS) is 20.4. The number of hydrogen-bond acceptors (Lipinski definition) is 3. The first-order valence-corrected chi connectivity index (χ1v) is 8.05. The van der Waals surface area contributed by atoms with Crippen LogP contribution in [0.3, 0.4) is 0 Å². The van der Waals surface area contributed by atoms with Gasteiger partial charge in [0.15, 0.2) is 11.6 Å². The summed E-state index contributed by atoms with van der Waals surface area (Å²) in [7, 11) is 0. The molecule has 1 aliphatic carbocycles. The fraction of sp³-hybridized carbons (Fsp3) is 0.529. The fourth-order valence-electron chi connectivity index (χ4n) is 2.79. The summed E-state index contributed by atoms with van der Waals surface area (Å²) in [5.74, 6) is -2.69. The quantitative estimate of drug-likeness (QED) is 0.748. The maximum absolute atomic E-state index is 13.3. The molecule has 5 nitrogen and oxygen atoms in total. The molecule has 0 unspecified atom stereocenters. The van der Waals surface area contributed by atoms with Crippen LogP contribution in [0.2, 0.25) is 0 Å². The van der Waals surface area contributed by atoms with Crippen molar-refractivity contribution in [3.8, 4) is 5.75 Å². The van der Waals surface area contributed by atoms with E-state index in [1.165, 1.54) is 6.07 Å². The van der Waals surface area contributed by atoms with Gasteiger partial charge in [-0.15, -0.1) is 0 Å². The summed E-state index contributed by atoms with van der Waals surface area (Å²) in [5, 5.41) is 11.8. The molecule has 24 heavy (non-hydrogen) atoms. The van der Waals surface area contributed by atoms with Crippen LogP contribution in [0.5, 0.6) is 5.75 Å². The van der Waals surface area contributed by atoms with Crippen LogP contribution in [0.1, 0.15) is 38.5 Å². The number of rotatable bonds is 7. The predicted molar refractivity (Wildman–Crippen MR) is 82.6 cm³/mol. The third-order valence-corrected chi connectivity index (χ3v) is 4.14. The Morgan fingerprint density at radius 2 is 1.92 bits per heavy atom. The van der Waals surface area contributed by atoms with Gasteiger partial charge in [0.1, 0.15) is 5.82 Å². The Kier molecular flexibility index (Phi) is 6.52. The van der Waals surface area contributed by atoms with Crippen molar-refractivity contribution in [2.24, 2.45) is 5.92 Å². The lowest BCUT2D eigenvalue weighted by Crippen LogP contribution is -2.38. The van der Waals surface area contributed by atoms with Gasteiger partial charge in [-0.2, -0.15) is 0 Å². The van der Waals surface area contributed by atoms with Crippen molar-refractivity contribution >= 4 is 11.9 Å². The molecule has 0 aromatic heterocycles. The minimum Gasteiger partial charge on any atom is -0.491 e. The van der Waals surface area contributed by atoms with Crippen molar-refractivity contribution in [1.29, 1.82) is 0 Å². The second-order valence-corrected chi connectivity index (χ2v) is 5.98. The molecule has 0 radical (unpaired) electrons. The molecule has 0 saturated heterocycles. The van der Waals surface area contributed by atoms with Crippen LogP contribution in [0.15, 0.2) is 18.2 Å². The van der Waals surface area contributed by atoms with Gasteiger partial charge in [0, 0.05) is 18.5 Å². The number of aliphatic carboxylic acids is 1. The highest BCUT2D eigenvalue weighted by Crippen LogP contribution is 2.24. The Hall–Kier alpha value is -2.18. The Bertz CT molecular complexity index is 586. The van der Waals surface area contributed by atoms with Gasteiger partial charge < -0.3 is 15.2 Å². The van der Waals surface area contributed by atoms with Crippen molar-refractivity contribution in [1.82, 2.24) is 5.32 Å². The first-order chi connectivity index (χ1) is 11.5. The number of benzene rings is 1. The smallest absolute Gasteiger partial charge is 0.306 e. The van der Waals surface area contributed by atoms with Gasteiger partial charge in [0.25, 0.3) is 0 Å². The van der Waals surface area contributed by atoms with Crippen molar-refractivity contribution in [3.05, 3.63) is 29.8 Å². The average Bonchev–Trinajstić information content (AvgIpc) is 2.53. The zero-order valence-electron chi connectivity index (χ0n) is 13.3. The summed E-state index contributed by atoms with van der Waals surface area (Å²) in [6.07, 6.45) is 3.13. The number of halogens is 2. The molecule has 1 saturated carbocycles. The summed E-state index contributed by atoms with van der Waals surface area (Å²) >= 11 is 0. The van der Waals surface area contributed by atoms with Crippen LogP contribution >= 0.6 is 0 Å². The molecule has 0 spiro atoms. The van der Waals surface area contributed by atoms with E-state index in [2.05, 4.69) is 5.32 Å². The summed E-state index contributed by atoms with van der Waals surface area (Å²) in [6.45, 7) is 0.154. The molecule has 1 aromatic carbocycles. The Balaban J connectivity index is 1.62. The fourth-order valence-corrected chi connectivity index (χ4v) is 2.79.